The first-order valence-corrected chi connectivity index (χ1v) is 8.21. The molecule has 0 aliphatic rings. The summed E-state index contributed by atoms with van der Waals surface area (Å²) in [7, 11) is 0. The van der Waals surface area contributed by atoms with Gasteiger partial charge in [-0.15, -0.1) is 0 Å². The molecule has 0 aliphatic heterocycles. The molecule has 3 rings (SSSR count). The predicted molar refractivity (Wildman–Crippen MR) is 99.9 cm³/mol. The lowest BCUT2D eigenvalue weighted by molar-refractivity contribution is -0.137. The van der Waals surface area contributed by atoms with Crippen LogP contribution in [-0.2, 0) is 4.79 Å². The summed E-state index contributed by atoms with van der Waals surface area (Å²) in [6.07, 6.45) is 0. The predicted octanol–water partition coefficient (Wildman–Crippen LogP) is 3.52. The van der Waals surface area contributed by atoms with E-state index >= 15 is 0 Å². The number of carboxylic acid groups (broad SMARTS) is 1. The van der Waals surface area contributed by atoms with Crippen molar-refractivity contribution in [2.75, 3.05) is 16.0 Å². The van der Waals surface area contributed by atoms with E-state index in [1.165, 1.54) is 43.3 Å². The number of rotatable bonds is 7. The minimum atomic E-state index is -1.12. The molecule has 0 amide bonds. The molecule has 1 aromatic heterocycles. The van der Waals surface area contributed by atoms with Crippen LogP contribution in [0.1, 0.15) is 6.92 Å². The minimum absolute atomic E-state index is 0.0565. The van der Waals surface area contributed by atoms with Crippen LogP contribution in [0.25, 0.3) is 0 Å². The van der Waals surface area contributed by atoms with Crippen LogP contribution in [0.15, 0.2) is 48.5 Å². The maximum Gasteiger partial charge on any atom is 0.325 e. The Kier molecular flexibility index (Phi) is 5.58. The molecule has 2 aromatic carbocycles. The van der Waals surface area contributed by atoms with E-state index in [9.17, 15) is 13.6 Å². The third-order valence-electron chi connectivity index (χ3n) is 3.59. The highest BCUT2D eigenvalue weighted by Gasteiger charge is 2.15. The number of para-hydroxylation sites is 2. The smallest absolute Gasteiger partial charge is 0.325 e. The highest BCUT2D eigenvalue weighted by atomic mass is 19.1. The molecule has 0 saturated heterocycles. The van der Waals surface area contributed by atoms with Crippen LogP contribution in [0.2, 0.25) is 0 Å². The molecule has 0 aliphatic carbocycles. The van der Waals surface area contributed by atoms with Crippen molar-refractivity contribution in [1.82, 2.24) is 15.0 Å². The summed E-state index contributed by atoms with van der Waals surface area (Å²) >= 11 is 0. The van der Waals surface area contributed by atoms with E-state index in [4.69, 9.17) is 5.11 Å². The summed E-state index contributed by atoms with van der Waals surface area (Å²) in [5.41, 5.74) is 0.227. The molecule has 1 heterocycles. The van der Waals surface area contributed by atoms with Gasteiger partial charge >= 0.3 is 5.97 Å². The quantitative estimate of drug-likeness (QED) is 0.488. The van der Waals surface area contributed by atoms with Gasteiger partial charge in [0.25, 0.3) is 0 Å². The summed E-state index contributed by atoms with van der Waals surface area (Å²) in [6.45, 7) is 1.40. The topological polar surface area (TPSA) is 112 Å². The van der Waals surface area contributed by atoms with Crippen LogP contribution < -0.4 is 16.0 Å². The fourth-order valence-corrected chi connectivity index (χ4v) is 2.17. The summed E-state index contributed by atoms with van der Waals surface area (Å²) in [6, 6.07) is 10.8. The summed E-state index contributed by atoms with van der Waals surface area (Å²) in [5, 5.41) is 17.0. The average molecular weight is 386 g/mol. The molecule has 28 heavy (non-hydrogen) atoms. The van der Waals surface area contributed by atoms with Crippen molar-refractivity contribution in [2.45, 2.75) is 13.0 Å². The molecule has 0 saturated carbocycles. The Balaban J connectivity index is 1.95. The second kappa shape index (κ2) is 8.25. The van der Waals surface area contributed by atoms with Gasteiger partial charge in [-0.05, 0) is 31.2 Å². The number of hydrogen-bond acceptors (Lipinski definition) is 7. The molecule has 10 heteroatoms. The number of anilines is 5. The number of aromatic nitrogens is 3. The molecule has 0 radical (unpaired) electrons. The third kappa shape index (κ3) is 4.67. The Morgan fingerprint density at radius 2 is 1.29 bits per heavy atom. The first kappa shape index (κ1) is 19.0. The largest absolute Gasteiger partial charge is 0.480 e. The Hall–Kier alpha value is -3.82. The first-order chi connectivity index (χ1) is 13.4. The van der Waals surface area contributed by atoms with Crippen molar-refractivity contribution in [2.24, 2.45) is 0 Å². The Morgan fingerprint density at radius 1 is 0.857 bits per heavy atom. The van der Waals surface area contributed by atoms with E-state index in [0.29, 0.717) is 0 Å². The van der Waals surface area contributed by atoms with Crippen molar-refractivity contribution in [1.29, 1.82) is 0 Å². The van der Waals surface area contributed by atoms with Gasteiger partial charge in [0.1, 0.15) is 17.7 Å². The molecule has 3 aromatic rings. The number of hydrogen-bond donors (Lipinski definition) is 4. The highest BCUT2D eigenvalue weighted by molar-refractivity contribution is 5.76. The van der Waals surface area contributed by atoms with Crippen LogP contribution in [0.3, 0.4) is 0 Å². The van der Waals surface area contributed by atoms with E-state index in [-0.39, 0.29) is 29.2 Å². The lowest BCUT2D eigenvalue weighted by Gasteiger charge is -2.13. The maximum absolute atomic E-state index is 13.9. The monoisotopic (exact) mass is 386 g/mol. The van der Waals surface area contributed by atoms with Crippen molar-refractivity contribution in [3.63, 3.8) is 0 Å². The molecule has 0 fully saturated rings. The van der Waals surface area contributed by atoms with Crippen molar-refractivity contribution in [3.05, 3.63) is 60.2 Å². The number of aliphatic carboxylic acids is 1. The molecule has 0 bridgehead atoms. The Bertz CT molecular complexity index is 936. The maximum atomic E-state index is 13.9. The second-order valence-corrected chi connectivity index (χ2v) is 5.72. The number of carboxylic acids is 1. The molecular formula is C18H16F2N6O2. The SMILES string of the molecule is CC(Nc1nc(Nc2ccccc2F)nc(Nc2ccccc2F)n1)C(=O)O. The Labute approximate surface area is 158 Å². The van der Waals surface area contributed by atoms with Crippen LogP contribution in [0.4, 0.5) is 38.0 Å². The van der Waals surface area contributed by atoms with Gasteiger partial charge in [0.05, 0.1) is 11.4 Å². The van der Waals surface area contributed by atoms with E-state index in [2.05, 4.69) is 30.9 Å². The zero-order chi connectivity index (χ0) is 20.1. The lowest BCUT2D eigenvalue weighted by Crippen LogP contribution is -2.27. The highest BCUT2D eigenvalue weighted by Crippen LogP contribution is 2.22. The molecule has 4 N–H and O–H groups in total. The zero-order valence-electron chi connectivity index (χ0n) is 14.6. The number of carbonyl (C=O) groups is 1. The minimum Gasteiger partial charge on any atom is -0.480 e. The van der Waals surface area contributed by atoms with Crippen molar-refractivity contribution >= 4 is 35.2 Å². The number of nitrogens with zero attached hydrogens (tertiary/aromatic N) is 3. The van der Waals surface area contributed by atoms with Crippen LogP contribution >= 0.6 is 0 Å². The molecule has 8 nitrogen and oxygen atoms in total. The van der Waals surface area contributed by atoms with Crippen LogP contribution in [-0.4, -0.2) is 32.1 Å². The molecule has 0 spiro atoms. The number of nitrogens with one attached hydrogen (secondary N) is 3. The molecule has 1 atom stereocenters. The number of halogens is 2. The summed E-state index contributed by atoms with van der Waals surface area (Å²) in [5.74, 6) is -2.37. The van der Waals surface area contributed by atoms with Gasteiger partial charge in [0, 0.05) is 0 Å². The van der Waals surface area contributed by atoms with E-state index in [1.807, 2.05) is 0 Å². The number of benzene rings is 2. The molecule has 1 unspecified atom stereocenters. The summed E-state index contributed by atoms with van der Waals surface area (Å²) < 4.78 is 27.8. The summed E-state index contributed by atoms with van der Waals surface area (Å²) in [4.78, 5) is 23.3. The Morgan fingerprint density at radius 3 is 1.71 bits per heavy atom. The van der Waals surface area contributed by atoms with E-state index in [1.54, 1.807) is 12.1 Å². The average Bonchev–Trinajstić information content (AvgIpc) is 2.65. The van der Waals surface area contributed by atoms with E-state index in [0.717, 1.165) is 0 Å². The normalized spacial score (nSPS) is 11.5. The van der Waals surface area contributed by atoms with Gasteiger partial charge < -0.3 is 21.1 Å². The first-order valence-electron chi connectivity index (χ1n) is 8.21. The second-order valence-electron chi connectivity index (χ2n) is 5.72. The van der Waals surface area contributed by atoms with Crippen molar-refractivity contribution in [3.8, 4) is 0 Å². The van der Waals surface area contributed by atoms with Gasteiger partial charge in [-0.3, -0.25) is 4.79 Å². The van der Waals surface area contributed by atoms with Gasteiger partial charge in [-0.2, -0.15) is 15.0 Å². The van der Waals surface area contributed by atoms with Crippen molar-refractivity contribution < 1.29 is 18.7 Å². The van der Waals surface area contributed by atoms with Gasteiger partial charge in [0.2, 0.25) is 17.8 Å². The van der Waals surface area contributed by atoms with E-state index < -0.39 is 23.6 Å². The lowest BCUT2D eigenvalue weighted by atomic mass is 10.3. The zero-order valence-corrected chi connectivity index (χ0v) is 14.6. The molecule has 144 valence electrons. The standard InChI is InChI=1S/C18H16F2N6O2/c1-10(15(27)28)21-16-24-17(22-13-8-4-2-6-11(13)19)26-18(25-16)23-14-9-5-3-7-12(14)20/h2-10H,1H3,(H,27,28)(H3,21,22,23,24,25,26). The fourth-order valence-electron chi connectivity index (χ4n) is 2.17. The fraction of sp³-hybridized carbons (Fsp3) is 0.111. The van der Waals surface area contributed by atoms with Gasteiger partial charge in [-0.25, -0.2) is 8.78 Å². The third-order valence-corrected chi connectivity index (χ3v) is 3.59. The van der Waals surface area contributed by atoms with Gasteiger partial charge in [-0.1, -0.05) is 24.3 Å². The van der Waals surface area contributed by atoms with Crippen LogP contribution in [0, 0.1) is 11.6 Å². The molecular weight excluding hydrogens is 370 g/mol. The van der Waals surface area contributed by atoms with Crippen LogP contribution in [0.5, 0.6) is 0 Å². The van der Waals surface area contributed by atoms with Gasteiger partial charge in [0.15, 0.2) is 0 Å².